The van der Waals surface area contributed by atoms with E-state index in [2.05, 4.69) is 37.3 Å². The summed E-state index contributed by atoms with van der Waals surface area (Å²) in [5.41, 5.74) is 1.38. The van der Waals surface area contributed by atoms with Gasteiger partial charge in [0, 0.05) is 0 Å². The molecule has 1 atom stereocenters. The number of ether oxygens (including phenoxy) is 1. The minimum Gasteiger partial charge on any atom is -0.494 e. The Morgan fingerprint density at radius 1 is 0.882 bits per heavy atom. The smallest absolute Gasteiger partial charge is 0.119 e. The van der Waals surface area contributed by atoms with Crippen LogP contribution in [0.25, 0.3) is 0 Å². The molecule has 1 unspecified atom stereocenters. The second-order valence-corrected chi connectivity index (χ2v) is 4.26. The van der Waals surface area contributed by atoms with Crippen LogP contribution in [0.5, 0.6) is 5.75 Å². The molecule has 1 nitrogen and oxygen atoms in total. The number of hydrogen-bond donors (Lipinski definition) is 0. The maximum atomic E-state index is 5.70. The van der Waals surface area contributed by atoms with E-state index in [4.69, 9.17) is 4.74 Å². The van der Waals surface area contributed by atoms with E-state index in [-0.39, 0.29) is 0 Å². The van der Waals surface area contributed by atoms with Crippen LogP contribution in [0.15, 0.2) is 60.7 Å². The van der Waals surface area contributed by atoms with Gasteiger partial charge >= 0.3 is 0 Å². The summed E-state index contributed by atoms with van der Waals surface area (Å²) in [4.78, 5) is 0. The monoisotopic (exact) mass is 226 g/mol. The van der Waals surface area contributed by atoms with Gasteiger partial charge in [-0.3, -0.25) is 0 Å². The molecule has 0 aromatic heterocycles. The molecule has 17 heavy (non-hydrogen) atoms. The number of hydrogen-bond acceptors (Lipinski definition) is 1. The average Bonchev–Trinajstić information content (AvgIpc) is 2.41. The van der Waals surface area contributed by atoms with Crippen molar-refractivity contribution in [3.05, 3.63) is 66.2 Å². The largest absolute Gasteiger partial charge is 0.494 e. The molecule has 0 amide bonds. The highest BCUT2D eigenvalue weighted by Crippen LogP contribution is 2.19. The summed E-state index contributed by atoms with van der Waals surface area (Å²) in [6.07, 6.45) is 1.04. The molecule has 2 aromatic carbocycles. The molecule has 0 bridgehead atoms. The van der Waals surface area contributed by atoms with Crippen molar-refractivity contribution in [1.29, 1.82) is 0 Å². The Kier molecular flexibility index (Phi) is 4.20. The first-order valence-electron chi connectivity index (χ1n) is 6.09. The van der Waals surface area contributed by atoms with E-state index in [1.54, 1.807) is 0 Å². The van der Waals surface area contributed by atoms with Crippen molar-refractivity contribution < 1.29 is 4.74 Å². The first-order valence-corrected chi connectivity index (χ1v) is 6.09. The molecule has 0 fully saturated rings. The summed E-state index contributed by atoms with van der Waals surface area (Å²) < 4.78 is 5.70. The van der Waals surface area contributed by atoms with Crippen LogP contribution in [0.3, 0.4) is 0 Å². The summed E-state index contributed by atoms with van der Waals surface area (Å²) in [7, 11) is 0. The molecule has 0 heterocycles. The minimum absolute atomic E-state index is 0.542. The fourth-order valence-corrected chi connectivity index (χ4v) is 1.82. The second-order valence-electron chi connectivity index (χ2n) is 4.26. The molecule has 0 radical (unpaired) electrons. The minimum atomic E-state index is 0.542. The lowest BCUT2D eigenvalue weighted by atomic mass is 9.98. The molecular weight excluding hydrogens is 208 g/mol. The average molecular weight is 226 g/mol. The summed E-state index contributed by atoms with van der Waals surface area (Å²) in [5, 5.41) is 0. The molecule has 0 aliphatic rings. The van der Waals surface area contributed by atoms with Gasteiger partial charge in [-0.2, -0.15) is 0 Å². The zero-order valence-corrected chi connectivity index (χ0v) is 10.2. The zero-order valence-electron chi connectivity index (χ0n) is 10.2. The van der Waals surface area contributed by atoms with Gasteiger partial charge in [-0.05, 0) is 30.0 Å². The Morgan fingerprint density at radius 2 is 1.47 bits per heavy atom. The van der Waals surface area contributed by atoms with Gasteiger partial charge in [-0.25, -0.2) is 0 Å². The molecule has 0 aliphatic heterocycles. The predicted molar refractivity (Wildman–Crippen MR) is 71.4 cm³/mol. The van der Waals surface area contributed by atoms with Crippen molar-refractivity contribution in [3.8, 4) is 5.75 Å². The highest BCUT2D eigenvalue weighted by atomic mass is 16.5. The van der Waals surface area contributed by atoms with Crippen molar-refractivity contribution in [2.75, 3.05) is 6.61 Å². The molecule has 0 N–H and O–H groups in total. The highest BCUT2D eigenvalue weighted by molar-refractivity contribution is 5.21. The van der Waals surface area contributed by atoms with Gasteiger partial charge in [-0.1, -0.05) is 55.5 Å². The molecule has 88 valence electrons. The Bertz CT molecular complexity index is 422. The lowest BCUT2D eigenvalue weighted by molar-refractivity contribution is 0.301. The molecule has 0 aliphatic carbocycles. The third-order valence-electron chi connectivity index (χ3n) is 2.93. The fraction of sp³-hybridized carbons (Fsp3) is 0.250. The number of rotatable bonds is 5. The van der Waals surface area contributed by atoms with Crippen molar-refractivity contribution >= 4 is 0 Å². The topological polar surface area (TPSA) is 9.23 Å². The van der Waals surface area contributed by atoms with Gasteiger partial charge < -0.3 is 4.74 Å². The van der Waals surface area contributed by atoms with Crippen LogP contribution in [0, 0.1) is 0 Å². The van der Waals surface area contributed by atoms with Crippen LogP contribution < -0.4 is 4.74 Å². The second kappa shape index (κ2) is 6.09. The molecule has 0 saturated carbocycles. The van der Waals surface area contributed by atoms with Gasteiger partial charge in [-0.15, -0.1) is 0 Å². The Labute approximate surface area is 103 Å². The number of benzene rings is 2. The summed E-state index contributed by atoms with van der Waals surface area (Å²) >= 11 is 0. The quantitative estimate of drug-likeness (QED) is 0.740. The van der Waals surface area contributed by atoms with Crippen molar-refractivity contribution in [2.45, 2.75) is 19.3 Å². The first kappa shape index (κ1) is 11.7. The molecule has 1 heteroatoms. The van der Waals surface area contributed by atoms with Crippen LogP contribution >= 0.6 is 0 Å². The van der Waals surface area contributed by atoms with E-state index in [0.717, 1.165) is 18.8 Å². The molecule has 2 rings (SSSR count). The van der Waals surface area contributed by atoms with E-state index in [1.807, 2.05) is 30.3 Å². The lowest BCUT2D eigenvalue weighted by Crippen LogP contribution is -2.03. The first-order chi connectivity index (χ1) is 8.36. The van der Waals surface area contributed by atoms with E-state index >= 15 is 0 Å². The van der Waals surface area contributed by atoms with Crippen LogP contribution in [-0.4, -0.2) is 6.61 Å². The molecule has 0 saturated heterocycles. The normalized spacial score (nSPS) is 12.1. The van der Waals surface area contributed by atoms with Gasteiger partial charge in [0.1, 0.15) is 5.75 Å². The van der Waals surface area contributed by atoms with Crippen LogP contribution in [0.4, 0.5) is 0 Å². The third kappa shape index (κ3) is 3.63. The lowest BCUT2D eigenvalue weighted by Gasteiger charge is -2.12. The molecular formula is C16H18O. The zero-order chi connectivity index (χ0) is 11.9. The van der Waals surface area contributed by atoms with E-state index in [1.165, 1.54) is 5.56 Å². The molecule has 0 spiro atoms. The molecule has 2 aromatic rings. The van der Waals surface area contributed by atoms with E-state index in [0.29, 0.717) is 5.92 Å². The maximum Gasteiger partial charge on any atom is 0.119 e. The van der Waals surface area contributed by atoms with Crippen molar-refractivity contribution in [1.82, 2.24) is 0 Å². The van der Waals surface area contributed by atoms with Crippen molar-refractivity contribution in [2.24, 2.45) is 0 Å². The Morgan fingerprint density at radius 3 is 2.12 bits per heavy atom. The standard InChI is InChI=1S/C16H18O/c1-14(15-8-4-2-5-9-15)12-13-17-16-10-6-3-7-11-16/h2-11,14H,12-13H2,1H3. The summed E-state index contributed by atoms with van der Waals surface area (Å²) in [6.45, 7) is 3.00. The fourth-order valence-electron chi connectivity index (χ4n) is 1.82. The van der Waals surface area contributed by atoms with Gasteiger partial charge in [0.15, 0.2) is 0 Å². The Hall–Kier alpha value is -1.76. The number of para-hydroxylation sites is 1. The highest BCUT2D eigenvalue weighted by Gasteiger charge is 2.04. The predicted octanol–water partition coefficient (Wildman–Crippen LogP) is 4.26. The van der Waals surface area contributed by atoms with Crippen LogP contribution in [0.2, 0.25) is 0 Å². The van der Waals surface area contributed by atoms with Crippen LogP contribution in [0.1, 0.15) is 24.8 Å². The van der Waals surface area contributed by atoms with Crippen LogP contribution in [-0.2, 0) is 0 Å². The third-order valence-corrected chi connectivity index (χ3v) is 2.93. The SMILES string of the molecule is CC(CCOc1ccccc1)c1ccccc1. The van der Waals surface area contributed by atoms with E-state index in [9.17, 15) is 0 Å². The van der Waals surface area contributed by atoms with Gasteiger partial charge in [0.05, 0.1) is 6.61 Å². The van der Waals surface area contributed by atoms with Crippen molar-refractivity contribution in [3.63, 3.8) is 0 Å². The Balaban J connectivity index is 1.79. The van der Waals surface area contributed by atoms with Gasteiger partial charge in [0.25, 0.3) is 0 Å². The van der Waals surface area contributed by atoms with Gasteiger partial charge in [0.2, 0.25) is 0 Å². The van der Waals surface area contributed by atoms with E-state index < -0.39 is 0 Å². The summed E-state index contributed by atoms with van der Waals surface area (Å²) in [5.74, 6) is 1.49. The summed E-state index contributed by atoms with van der Waals surface area (Å²) in [6, 6.07) is 20.6. The maximum absolute atomic E-state index is 5.70.